The minimum absolute atomic E-state index is 0.103. The number of nitrogens with zero attached hydrogens (tertiary/aromatic N) is 3. The Kier molecular flexibility index (Phi) is 5.25. The Bertz CT molecular complexity index is 707. The third-order valence-corrected chi connectivity index (χ3v) is 4.64. The normalized spacial score (nSPS) is 13.2. The maximum atomic E-state index is 10.8. The number of hydrogen-bond donors (Lipinski definition) is 1. The van der Waals surface area contributed by atoms with Crippen LogP contribution < -0.4 is 0 Å². The average Bonchev–Trinajstić information content (AvgIpc) is 3.18. The molecule has 2 aromatic rings. The van der Waals surface area contributed by atoms with E-state index in [0.717, 1.165) is 57.1 Å². The van der Waals surface area contributed by atoms with Gasteiger partial charge in [-0.25, -0.2) is 4.68 Å². The molecule has 0 atom stereocenters. The summed E-state index contributed by atoms with van der Waals surface area (Å²) in [5.41, 5.74) is 4.80. The third kappa shape index (κ3) is 3.48. The number of non-ortho nitro benzene ring substituents is 1. The summed E-state index contributed by atoms with van der Waals surface area (Å²) in [4.78, 5) is 10.4. The topological polar surface area (TPSA) is 81.2 Å². The lowest BCUT2D eigenvalue weighted by atomic mass is 10.1. The molecular weight excluding hydrogens is 306 g/mol. The Morgan fingerprint density at radius 1 is 1.12 bits per heavy atom. The highest BCUT2D eigenvalue weighted by Crippen LogP contribution is 2.29. The van der Waals surface area contributed by atoms with Crippen molar-refractivity contribution in [2.24, 2.45) is 0 Å². The van der Waals surface area contributed by atoms with Gasteiger partial charge in [-0.05, 0) is 56.2 Å². The highest BCUT2D eigenvalue weighted by molar-refractivity contribution is 5.44. The van der Waals surface area contributed by atoms with E-state index in [0.29, 0.717) is 0 Å². The molecule has 1 aliphatic carbocycles. The van der Waals surface area contributed by atoms with Crippen LogP contribution in [-0.4, -0.2) is 26.4 Å². The van der Waals surface area contributed by atoms with Crippen LogP contribution in [0.3, 0.4) is 0 Å². The molecule has 0 radical (unpaired) electrons. The number of nitro groups is 1. The molecule has 24 heavy (non-hydrogen) atoms. The minimum atomic E-state index is -0.380. The molecule has 6 heteroatoms. The first-order chi connectivity index (χ1) is 11.7. The van der Waals surface area contributed by atoms with E-state index in [9.17, 15) is 10.1 Å². The van der Waals surface area contributed by atoms with Gasteiger partial charge in [-0.2, -0.15) is 5.10 Å². The van der Waals surface area contributed by atoms with Gasteiger partial charge >= 0.3 is 0 Å². The zero-order valence-corrected chi connectivity index (χ0v) is 13.8. The van der Waals surface area contributed by atoms with Gasteiger partial charge in [-0.1, -0.05) is 12.8 Å². The number of benzene rings is 1. The van der Waals surface area contributed by atoms with Gasteiger partial charge < -0.3 is 5.11 Å². The van der Waals surface area contributed by atoms with Crippen LogP contribution in [0.15, 0.2) is 24.3 Å². The van der Waals surface area contributed by atoms with Crippen LogP contribution in [0.4, 0.5) is 5.69 Å². The van der Waals surface area contributed by atoms with E-state index in [1.165, 1.54) is 29.1 Å². The second-order valence-corrected chi connectivity index (χ2v) is 6.30. The van der Waals surface area contributed by atoms with E-state index in [4.69, 9.17) is 10.2 Å². The van der Waals surface area contributed by atoms with Gasteiger partial charge in [0, 0.05) is 24.4 Å². The Morgan fingerprint density at radius 3 is 2.58 bits per heavy atom. The van der Waals surface area contributed by atoms with Crippen LogP contribution in [0.25, 0.3) is 5.69 Å². The second-order valence-electron chi connectivity index (χ2n) is 6.30. The molecule has 1 aliphatic rings. The van der Waals surface area contributed by atoms with Crippen LogP contribution >= 0.6 is 0 Å². The molecular formula is C18H23N3O3. The van der Waals surface area contributed by atoms with Gasteiger partial charge in [0.25, 0.3) is 5.69 Å². The van der Waals surface area contributed by atoms with Crippen molar-refractivity contribution in [2.45, 2.75) is 51.4 Å². The van der Waals surface area contributed by atoms with Crippen molar-refractivity contribution < 1.29 is 10.0 Å². The Labute approximate surface area is 141 Å². The van der Waals surface area contributed by atoms with Gasteiger partial charge in [0.15, 0.2) is 0 Å². The van der Waals surface area contributed by atoms with Gasteiger partial charge in [0.2, 0.25) is 0 Å². The molecule has 1 aromatic heterocycles. The molecule has 3 rings (SSSR count). The van der Waals surface area contributed by atoms with E-state index in [2.05, 4.69) is 0 Å². The smallest absolute Gasteiger partial charge is 0.269 e. The Morgan fingerprint density at radius 2 is 1.88 bits per heavy atom. The third-order valence-electron chi connectivity index (χ3n) is 4.64. The molecule has 0 saturated carbocycles. The van der Waals surface area contributed by atoms with E-state index in [1.807, 2.05) is 4.68 Å². The van der Waals surface area contributed by atoms with Crippen LogP contribution in [-0.2, 0) is 19.3 Å². The zero-order chi connectivity index (χ0) is 16.9. The summed E-state index contributed by atoms with van der Waals surface area (Å²) in [7, 11) is 0. The first kappa shape index (κ1) is 16.6. The molecule has 0 aliphatic heterocycles. The summed E-state index contributed by atoms with van der Waals surface area (Å²) in [5.74, 6) is 0. The minimum Gasteiger partial charge on any atom is -0.396 e. The summed E-state index contributed by atoms with van der Waals surface area (Å²) >= 11 is 0. The van der Waals surface area contributed by atoms with E-state index in [1.54, 1.807) is 12.1 Å². The summed E-state index contributed by atoms with van der Waals surface area (Å²) < 4.78 is 1.97. The quantitative estimate of drug-likeness (QED) is 0.457. The molecule has 0 saturated heterocycles. The molecule has 1 aromatic carbocycles. The van der Waals surface area contributed by atoms with E-state index in [-0.39, 0.29) is 17.2 Å². The van der Waals surface area contributed by atoms with Crippen LogP contribution in [0.5, 0.6) is 0 Å². The number of rotatable bonds is 8. The Hall–Kier alpha value is -2.21. The number of nitro benzene ring substituents is 1. The van der Waals surface area contributed by atoms with Gasteiger partial charge in [0.05, 0.1) is 16.3 Å². The van der Waals surface area contributed by atoms with Crippen molar-refractivity contribution in [1.82, 2.24) is 9.78 Å². The average molecular weight is 329 g/mol. The number of aromatic nitrogens is 2. The first-order valence-corrected chi connectivity index (χ1v) is 8.66. The largest absolute Gasteiger partial charge is 0.396 e. The molecule has 0 unspecified atom stereocenters. The summed E-state index contributed by atoms with van der Waals surface area (Å²) in [5, 5.41) is 24.4. The summed E-state index contributed by atoms with van der Waals surface area (Å²) in [6.07, 6.45) is 8.34. The van der Waals surface area contributed by atoms with Crippen molar-refractivity contribution in [3.05, 3.63) is 51.3 Å². The summed E-state index contributed by atoms with van der Waals surface area (Å²) in [6.45, 7) is 0.268. The maximum Gasteiger partial charge on any atom is 0.269 e. The number of fused-ring (bicyclic) bond motifs is 1. The molecule has 128 valence electrons. The molecule has 0 fully saturated rings. The van der Waals surface area contributed by atoms with Crippen molar-refractivity contribution in [1.29, 1.82) is 0 Å². The van der Waals surface area contributed by atoms with Crippen molar-refractivity contribution in [2.75, 3.05) is 6.61 Å². The fourth-order valence-corrected chi connectivity index (χ4v) is 3.40. The lowest BCUT2D eigenvalue weighted by molar-refractivity contribution is -0.384. The lowest BCUT2D eigenvalue weighted by Crippen LogP contribution is -2.02. The number of hydrogen-bond acceptors (Lipinski definition) is 4. The number of aliphatic hydroxyl groups excluding tert-OH is 1. The van der Waals surface area contributed by atoms with Gasteiger partial charge in [-0.3, -0.25) is 10.1 Å². The highest BCUT2D eigenvalue weighted by Gasteiger charge is 2.23. The van der Waals surface area contributed by atoms with Crippen LogP contribution in [0, 0.1) is 10.1 Å². The molecule has 0 amide bonds. The predicted molar refractivity (Wildman–Crippen MR) is 91.5 cm³/mol. The molecule has 1 heterocycles. The van der Waals surface area contributed by atoms with Crippen molar-refractivity contribution in [3.63, 3.8) is 0 Å². The fourth-order valence-electron chi connectivity index (χ4n) is 3.40. The molecule has 0 bridgehead atoms. The molecule has 6 nitrogen and oxygen atoms in total. The lowest BCUT2D eigenvalue weighted by Gasteiger charge is -2.05. The van der Waals surface area contributed by atoms with Crippen LogP contribution in [0.2, 0.25) is 0 Å². The SMILES string of the molecule is O=[N+]([O-])c1ccc(-n2nc(CCCCCCO)c3c2CCC3)cc1. The standard InChI is InChI=1S/C18H23N3O3/c22-13-4-2-1-3-7-17-16-6-5-8-18(16)20(19-17)14-9-11-15(12-10-14)21(23)24/h9-12,22H,1-8,13H2. The second kappa shape index (κ2) is 7.57. The maximum absolute atomic E-state index is 10.8. The summed E-state index contributed by atoms with van der Waals surface area (Å²) in [6, 6.07) is 6.61. The van der Waals surface area contributed by atoms with E-state index < -0.39 is 0 Å². The monoisotopic (exact) mass is 329 g/mol. The number of unbranched alkanes of at least 4 members (excludes halogenated alkanes) is 3. The van der Waals surface area contributed by atoms with E-state index >= 15 is 0 Å². The highest BCUT2D eigenvalue weighted by atomic mass is 16.6. The van der Waals surface area contributed by atoms with Crippen molar-refractivity contribution >= 4 is 5.69 Å². The van der Waals surface area contributed by atoms with Gasteiger partial charge in [-0.15, -0.1) is 0 Å². The fraction of sp³-hybridized carbons (Fsp3) is 0.500. The first-order valence-electron chi connectivity index (χ1n) is 8.66. The van der Waals surface area contributed by atoms with Crippen molar-refractivity contribution in [3.8, 4) is 5.69 Å². The number of aryl methyl sites for hydroxylation is 1. The molecule has 1 N–H and O–H groups in total. The van der Waals surface area contributed by atoms with Crippen LogP contribution in [0.1, 0.15) is 49.1 Å². The number of aliphatic hydroxyl groups is 1. The van der Waals surface area contributed by atoms with Gasteiger partial charge in [0.1, 0.15) is 0 Å². The zero-order valence-electron chi connectivity index (χ0n) is 13.8. The predicted octanol–water partition coefficient (Wildman–Crippen LogP) is 3.36. The molecule has 0 spiro atoms. The Balaban J connectivity index is 1.76.